The number of carbonyl (C=O) groups is 2. The number of halogens is 2. The number of nitrogens with zero attached hydrogens (tertiary/aromatic N) is 4. The summed E-state index contributed by atoms with van der Waals surface area (Å²) in [6.07, 6.45) is 1.39. The van der Waals surface area contributed by atoms with E-state index in [0.29, 0.717) is 16.5 Å². The average molecular weight is 528 g/mol. The number of carbonyl (C=O) groups excluding carboxylic acids is 2. The molecule has 1 aliphatic rings. The molecule has 2 heterocycles. The highest BCUT2D eigenvalue weighted by Gasteiger charge is 2.39. The Hall–Kier alpha value is -4.39. The molecule has 1 aromatic heterocycles. The van der Waals surface area contributed by atoms with E-state index in [0.717, 1.165) is 11.8 Å². The maximum Gasteiger partial charge on any atom is 0.387 e. The van der Waals surface area contributed by atoms with Crippen LogP contribution in [0.15, 0.2) is 77.9 Å². The summed E-state index contributed by atoms with van der Waals surface area (Å²) in [6.45, 7) is -2.84. The Morgan fingerprint density at radius 2 is 1.97 bits per heavy atom. The van der Waals surface area contributed by atoms with Gasteiger partial charge in [-0.3, -0.25) is 29.6 Å². The van der Waals surface area contributed by atoms with E-state index in [9.17, 15) is 28.5 Å². The molecule has 0 aliphatic carbocycles. The van der Waals surface area contributed by atoms with Gasteiger partial charge in [0.2, 0.25) is 11.8 Å². The van der Waals surface area contributed by atoms with Crippen LogP contribution in [-0.2, 0) is 16.1 Å². The summed E-state index contributed by atoms with van der Waals surface area (Å²) in [6, 6.07) is 16.3. The molecule has 1 fully saturated rings. The minimum Gasteiger partial charge on any atom is -0.435 e. The van der Waals surface area contributed by atoms with E-state index in [4.69, 9.17) is 0 Å². The van der Waals surface area contributed by atoms with Crippen molar-refractivity contribution in [3.63, 3.8) is 0 Å². The number of non-ortho nitro benzene ring substituents is 1. The third kappa shape index (κ3) is 6.85. The molecule has 190 valence electrons. The number of aliphatic imine (C=N–C) groups is 1. The Morgan fingerprint density at radius 3 is 2.65 bits per heavy atom. The van der Waals surface area contributed by atoms with Crippen molar-refractivity contribution in [2.75, 3.05) is 5.32 Å². The molecule has 3 aromatic rings. The summed E-state index contributed by atoms with van der Waals surface area (Å²) in [5, 5.41) is 13.1. The fraction of sp³-hybridized carbons (Fsp3) is 0.167. The topological polar surface area (TPSA) is 127 Å². The van der Waals surface area contributed by atoms with Crippen molar-refractivity contribution in [2.24, 2.45) is 4.99 Å². The lowest BCUT2D eigenvalue weighted by Gasteiger charge is -2.16. The second-order valence-electron chi connectivity index (χ2n) is 7.68. The van der Waals surface area contributed by atoms with Crippen LogP contribution in [-0.4, -0.2) is 43.7 Å². The number of rotatable bonds is 9. The van der Waals surface area contributed by atoms with E-state index in [2.05, 4.69) is 20.0 Å². The second kappa shape index (κ2) is 11.6. The summed E-state index contributed by atoms with van der Waals surface area (Å²) in [5.41, 5.74) is 1.06. The molecule has 1 atom stereocenters. The number of thioether (sulfide) groups is 1. The van der Waals surface area contributed by atoms with Crippen molar-refractivity contribution in [1.82, 2.24) is 9.88 Å². The number of nitrogens with one attached hydrogen (secondary N) is 1. The molecule has 1 N–H and O–H groups in total. The predicted octanol–water partition coefficient (Wildman–Crippen LogP) is 4.75. The summed E-state index contributed by atoms with van der Waals surface area (Å²) in [7, 11) is 0. The molecule has 2 amide bonds. The minimum absolute atomic E-state index is 0.0323. The van der Waals surface area contributed by atoms with Gasteiger partial charge in [0.05, 0.1) is 22.8 Å². The molecule has 0 saturated carbocycles. The molecule has 4 rings (SSSR count). The molecular formula is C24H19F2N5O5S. The Bertz CT molecular complexity index is 1320. The van der Waals surface area contributed by atoms with Gasteiger partial charge in [-0.05, 0) is 42.5 Å². The molecule has 1 unspecified atom stereocenters. The van der Waals surface area contributed by atoms with Crippen LogP contribution in [0.3, 0.4) is 0 Å². The number of aromatic nitrogens is 1. The highest BCUT2D eigenvalue weighted by atomic mass is 32.2. The lowest BCUT2D eigenvalue weighted by atomic mass is 10.2. The maximum atomic E-state index is 13.2. The first-order chi connectivity index (χ1) is 17.8. The summed E-state index contributed by atoms with van der Waals surface area (Å²) < 4.78 is 29.2. The quantitative estimate of drug-likeness (QED) is 0.314. The van der Waals surface area contributed by atoms with Crippen LogP contribution >= 0.6 is 11.8 Å². The molecule has 1 saturated heterocycles. The number of pyridine rings is 1. The van der Waals surface area contributed by atoms with E-state index in [1.165, 1.54) is 53.4 Å². The van der Waals surface area contributed by atoms with Crippen molar-refractivity contribution >= 4 is 45.8 Å². The second-order valence-corrected chi connectivity index (χ2v) is 8.85. The first kappa shape index (κ1) is 25.7. The van der Waals surface area contributed by atoms with Crippen LogP contribution < -0.4 is 10.1 Å². The number of nitro benzene ring substituents is 1. The smallest absolute Gasteiger partial charge is 0.387 e. The summed E-state index contributed by atoms with van der Waals surface area (Å²) in [5.74, 6) is -0.893. The third-order valence-corrected chi connectivity index (χ3v) is 6.24. The molecule has 1 aliphatic heterocycles. The van der Waals surface area contributed by atoms with Crippen LogP contribution in [0.1, 0.15) is 12.1 Å². The SMILES string of the molecule is O=C(CC1SC(=Nc2ccc(OC(F)F)cc2)N(Cc2ccccn2)C1=O)Nc1cccc([N+](=O)[O-])c1. The van der Waals surface area contributed by atoms with Crippen LogP contribution in [0, 0.1) is 10.1 Å². The van der Waals surface area contributed by atoms with E-state index >= 15 is 0 Å². The van der Waals surface area contributed by atoms with Gasteiger partial charge in [-0.25, -0.2) is 4.99 Å². The van der Waals surface area contributed by atoms with E-state index < -0.39 is 22.7 Å². The Balaban J connectivity index is 1.52. The van der Waals surface area contributed by atoms with E-state index in [1.54, 1.807) is 24.4 Å². The van der Waals surface area contributed by atoms with Gasteiger partial charge < -0.3 is 10.1 Å². The number of hydrogen-bond acceptors (Lipinski definition) is 8. The normalized spacial score (nSPS) is 16.3. The standard InChI is InChI=1S/C24H19F2N5O5S/c25-23(26)36-19-9-7-15(8-10-19)29-24-30(14-17-4-1-2-11-27-17)22(33)20(37-24)13-21(32)28-16-5-3-6-18(12-16)31(34)35/h1-12,20,23H,13-14H2,(H,28,32). The molecule has 10 nitrogen and oxygen atoms in total. The highest BCUT2D eigenvalue weighted by Crippen LogP contribution is 2.33. The highest BCUT2D eigenvalue weighted by molar-refractivity contribution is 8.15. The Labute approximate surface area is 213 Å². The number of amidine groups is 1. The number of anilines is 1. The lowest BCUT2D eigenvalue weighted by Crippen LogP contribution is -2.33. The first-order valence-electron chi connectivity index (χ1n) is 10.8. The van der Waals surface area contributed by atoms with Gasteiger partial charge in [0.25, 0.3) is 5.69 Å². The van der Waals surface area contributed by atoms with Crippen LogP contribution in [0.4, 0.5) is 25.8 Å². The maximum absolute atomic E-state index is 13.2. The number of amides is 2. The van der Waals surface area contributed by atoms with Crippen molar-refractivity contribution in [3.05, 3.63) is 88.7 Å². The molecule has 0 spiro atoms. The summed E-state index contributed by atoms with van der Waals surface area (Å²) >= 11 is 1.08. The lowest BCUT2D eigenvalue weighted by molar-refractivity contribution is -0.384. The zero-order valence-electron chi connectivity index (χ0n) is 19.0. The van der Waals surface area contributed by atoms with Gasteiger partial charge in [-0.2, -0.15) is 8.78 Å². The van der Waals surface area contributed by atoms with Crippen LogP contribution in [0.2, 0.25) is 0 Å². The van der Waals surface area contributed by atoms with Crippen LogP contribution in [0.25, 0.3) is 0 Å². The van der Waals surface area contributed by atoms with E-state index in [1.807, 2.05) is 0 Å². The van der Waals surface area contributed by atoms with Gasteiger partial charge in [0.1, 0.15) is 11.0 Å². The van der Waals surface area contributed by atoms with Crippen molar-refractivity contribution in [3.8, 4) is 5.75 Å². The zero-order chi connectivity index (χ0) is 26.4. The third-order valence-electron chi connectivity index (χ3n) is 5.06. The molecule has 0 radical (unpaired) electrons. The van der Waals surface area contributed by atoms with Crippen molar-refractivity contribution in [2.45, 2.75) is 24.8 Å². The van der Waals surface area contributed by atoms with Crippen molar-refractivity contribution < 1.29 is 28.0 Å². The van der Waals surface area contributed by atoms with Gasteiger partial charge in [0.15, 0.2) is 5.17 Å². The molecule has 0 bridgehead atoms. The Morgan fingerprint density at radius 1 is 1.19 bits per heavy atom. The van der Waals surface area contributed by atoms with Gasteiger partial charge in [-0.15, -0.1) is 0 Å². The predicted molar refractivity (Wildman–Crippen MR) is 133 cm³/mol. The number of alkyl halides is 2. The minimum atomic E-state index is -2.96. The fourth-order valence-electron chi connectivity index (χ4n) is 3.41. The van der Waals surface area contributed by atoms with Gasteiger partial charge >= 0.3 is 6.61 Å². The Kier molecular flexibility index (Phi) is 8.03. The van der Waals surface area contributed by atoms with Gasteiger partial charge in [-0.1, -0.05) is 23.9 Å². The van der Waals surface area contributed by atoms with Crippen molar-refractivity contribution in [1.29, 1.82) is 0 Å². The van der Waals surface area contributed by atoms with Gasteiger partial charge in [0, 0.05) is 30.4 Å². The molecular weight excluding hydrogens is 508 g/mol. The first-order valence-corrected chi connectivity index (χ1v) is 11.7. The summed E-state index contributed by atoms with van der Waals surface area (Å²) in [4.78, 5) is 46.4. The number of hydrogen-bond donors (Lipinski definition) is 1. The zero-order valence-corrected chi connectivity index (χ0v) is 19.8. The monoisotopic (exact) mass is 527 g/mol. The fourth-order valence-corrected chi connectivity index (χ4v) is 4.57. The molecule has 13 heteroatoms. The number of nitro groups is 1. The largest absolute Gasteiger partial charge is 0.435 e. The molecule has 37 heavy (non-hydrogen) atoms. The number of benzene rings is 2. The van der Waals surface area contributed by atoms with E-state index in [-0.39, 0.29) is 36.0 Å². The number of ether oxygens (including phenoxy) is 1. The average Bonchev–Trinajstić information content (AvgIpc) is 3.14. The van der Waals surface area contributed by atoms with Crippen LogP contribution in [0.5, 0.6) is 5.75 Å². The molecule has 2 aromatic carbocycles.